The average molecular weight is 266 g/mol. The number of rotatable bonds is 3. The number of hydrogen-bond acceptors (Lipinski definition) is 4. The minimum absolute atomic E-state index is 0.658. The van der Waals surface area contributed by atoms with Gasteiger partial charge in [0.15, 0.2) is 11.6 Å². The molecule has 0 saturated heterocycles. The second-order valence-electron chi connectivity index (χ2n) is 4.33. The standard InChI is InChI=1S/C15H14N4O/c1-20-14-6-3-7-17-15(14)19-10-12(9-18-19)11-4-2-5-13(16)8-11/h2-10H,16H2,1H3. The van der Waals surface area contributed by atoms with E-state index in [9.17, 15) is 0 Å². The van der Waals surface area contributed by atoms with Gasteiger partial charge in [-0.15, -0.1) is 0 Å². The second-order valence-corrected chi connectivity index (χ2v) is 4.33. The molecular formula is C15H14N4O. The molecule has 0 spiro atoms. The highest BCUT2D eigenvalue weighted by Crippen LogP contribution is 2.24. The van der Waals surface area contributed by atoms with Gasteiger partial charge in [0.1, 0.15) is 0 Å². The Kier molecular flexibility index (Phi) is 3.09. The van der Waals surface area contributed by atoms with E-state index in [1.807, 2.05) is 42.6 Å². The monoisotopic (exact) mass is 266 g/mol. The highest BCUT2D eigenvalue weighted by molar-refractivity contribution is 5.66. The van der Waals surface area contributed by atoms with Crippen molar-refractivity contribution in [3.8, 4) is 22.7 Å². The van der Waals surface area contributed by atoms with Crippen molar-refractivity contribution in [3.05, 3.63) is 55.0 Å². The largest absolute Gasteiger partial charge is 0.493 e. The highest BCUT2D eigenvalue weighted by atomic mass is 16.5. The van der Waals surface area contributed by atoms with Crippen molar-refractivity contribution in [2.45, 2.75) is 0 Å². The van der Waals surface area contributed by atoms with Gasteiger partial charge >= 0.3 is 0 Å². The van der Waals surface area contributed by atoms with Gasteiger partial charge in [0, 0.05) is 23.6 Å². The zero-order valence-corrected chi connectivity index (χ0v) is 11.0. The lowest BCUT2D eigenvalue weighted by Gasteiger charge is -2.05. The lowest BCUT2D eigenvalue weighted by molar-refractivity contribution is 0.409. The van der Waals surface area contributed by atoms with E-state index in [0.29, 0.717) is 11.6 Å². The molecule has 3 rings (SSSR count). The molecule has 5 heteroatoms. The van der Waals surface area contributed by atoms with E-state index in [0.717, 1.165) is 16.8 Å². The Morgan fingerprint density at radius 2 is 2.05 bits per heavy atom. The molecule has 0 aliphatic rings. The van der Waals surface area contributed by atoms with Crippen molar-refractivity contribution in [2.24, 2.45) is 0 Å². The van der Waals surface area contributed by atoms with E-state index < -0.39 is 0 Å². The Bertz CT molecular complexity index is 736. The normalized spacial score (nSPS) is 10.4. The van der Waals surface area contributed by atoms with E-state index in [1.54, 1.807) is 24.2 Å². The first-order chi connectivity index (χ1) is 9.78. The van der Waals surface area contributed by atoms with Crippen LogP contribution in [0.5, 0.6) is 5.75 Å². The Labute approximate surface area is 116 Å². The third-order valence-corrected chi connectivity index (χ3v) is 2.99. The predicted octanol–water partition coefficient (Wildman–Crippen LogP) is 2.53. The molecular weight excluding hydrogens is 252 g/mol. The third-order valence-electron chi connectivity index (χ3n) is 2.99. The minimum Gasteiger partial charge on any atom is -0.493 e. The van der Waals surface area contributed by atoms with Crippen LogP contribution in [-0.2, 0) is 0 Å². The van der Waals surface area contributed by atoms with Crippen LogP contribution < -0.4 is 10.5 Å². The molecule has 0 unspecified atom stereocenters. The van der Waals surface area contributed by atoms with Gasteiger partial charge in [0.2, 0.25) is 0 Å². The molecule has 0 saturated carbocycles. The van der Waals surface area contributed by atoms with Crippen LogP contribution in [0.1, 0.15) is 0 Å². The molecule has 3 aromatic rings. The molecule has 20 heavy (non-hydrogen) atoms. The lowest BCUT2D eigenvalue weighted by Crippen LogP contribution is -2.00. The second kappa shape index (κ2) is 5.05. The van der Waals surface area contributed by atoms with Gasteiger partial charge in [0.05, 0.1) is 13.3 Å². The van der Waals surface area contributed by atoms with E-state index in [1.165, 1.54) is 0 Å². The summed E-state index contributed by atoms with van der Waals surface area (Å²) in [5.41, 5.74) is 8.52. The zero-order chi connectivity index (χ0) is 13.9. The maximum atomic E-state index is 5.80. The van der Waals surface area contributed by atoms with Crippen LogP contribution in [0.3, 0.4) is 0 Å². The molecule has 2 aromatic heterocycles. The van der Waals surface area contributed by atoms with E-state index >= 15 is 0 Å². The third kappa shape index (κ3) is 2.21. The fourth-order valence-corrected chi connectivity index (χ4v) is 2.02. The molecule has 100 valence electrons. The molecule has 1 aromatic carbocycles. The number of aromatic nitrogens is 3. The molecule has 2 heterocycles. The van der Waals surface area contributed by atoms with Gasteiger partial charge in [-0.25, -0.2) is 9.67 Å². The topological polar surface area (TPSA) is 66.0 Å². The summed E-state index contributed by atoms with van der Waals surface area (Å²) in [5.74, 6) is 1.33. The Balaban J connectivity index is 2.02. The fourth-order valence-electron chi connectivity index (χ4n) is 2.02. The van der Waals surface area contributed by atoms with Gasteiger partial charge in [-0.1, -0.05) is 12.1 Å². The fraction of sp³-hybridized carbons (Fsp3) is 0.0667. The van der Waals surface area contributed by atoms with Gasteiger partial charge in [-0.05, 0) is 29.8 Å². The first kappa shape index (κ1) is 12.2. The molecule has 0 radical (unpaired) electrons. The number of nitrogens with two attached hydrogens (primary N) is 1. The number of benzene rings is 1. The first-order valence-electron chi connectivity index (χ1n) is 6.18. The lowest BCUT2D eigenvalue weighted by atomic mass is 10.1. The van der Waals surface area contributed by atoms with Crippen LogP contribution in [0.4, 0.5) is 5.69 Å². The van der Waals surface area contributed by atoms with Crippen LogP contribution in [0.2, 0.25) is 0 Å². The molecule has 0 fully saturated rings. The van der Waals surface area contributed by atoms with Gasteiger partial charge in [0.25, 0.3) is 0 Å². The van der Waals surface area contributed by atoms with Crippen molar-refractivity contribution in [1.29, 1.82) is 0 Å². The zero-order valence-electron chi connectivity index (χ0n) is 11.0. The number of anilines is 1. The molecule has 0 aliphatic heterocycles. The van der Waals surface area contributed by atoms with E-state index in [2.05, 4.69) is 10.1 Å². The van der Waals surface area contributed by atoms with E-state index in [4.69, 9.17) is 10.5 Å². The van der Waals surface area contributed by atoms with Crippen LogP contribution >= 0.6 is 0 Å². The summed E-state index contributed by atoms with van der Waals surface area (Å²) in [5, 5.41) is 4.33. The van der Waals surface area contributed by atoms with Gasteiger partial charge in [-0.3, -0.25) is 0 Å². The maximum Gasteiger partial charge on any atom is 0.196 e. The number of methoxy groups -OCH3 is 1. The molecule has 0 atom stereocenters. The van der Waals surface area contributed by atoms with Crippen LogP contribution in [0.25, 0.3) is 16.9 Å². The summed E-state index contributed by atoms with van der Waals surface area (Å²) in [6.07, 6.45) is 5.39. The molecule has 5 nitrogen and oxygen atoms in total. The average Bonchev–Trinajstić information content (AvgIpc) is 2.97. The van der Waals surface area contributed by atoms with Gasteiger partial charge in [-0.2, -0.15) is 5.10 Å². The van der Waals surface area contributed by atoms with Crippen LogP contribution in [0, 0.1) is 0 Å². The quantitative estimate of drug-likeness (QED) is 0.740. The maximum absolute atomic E-state index is 5.80. The summed E-state index contributed by atoms with van der Waals surface area (Å²) >= 11 is 0. The molecule has 0 aliphatic carbocycles. The predicted molar refractivity (Wildman–Crippen MR) is 77.8 cm³/mol. The Morgan fingerprint density at radius 1 is 1.15 bits per heavy atom. The molecule has 0 amide bonds. The van der Waals surface area contributed by atoms with Crippen LogP contribution in [0.15, 0.2) is 55.0 Å². The number of hydrogen-bond donors (Lipinski definition) is 1. The molecule has 2 N–H and O–H groups in total. The van der Waals surface area contributed by atoms with Crippen LogP contribution in [-0.4, -0.2) is 21.9 Å². The van der Waals surface area contributed by atoms with E-state index in [-0.39, 0.29) is 0 Å². The summed E-state index contributed by atoms with van der Waals surface area (Å²) in [7, 11) is 1.61. The summed E-state index contributed by atoms with van der Waals surface area (Å²) in [4.78, 5) is 4.30. The summed E-state index contributed by atoms with van der Waals surface area (Å²) in [6, 6.07) is 11.4. The Morgan fingerprint density at radius 3 is 2.85 bits per heavy atom. The number of nitrogen functional groups attached to an aromatic ring is 1. The summed E-state index contributed by atoms with van der Waals surface area (Å²) < 4.78 is 6.98. The smallest absolute Gasteiger partial charge is 0.196 e. The minimum atomic E-state index is 0.658. The number of nitrogens with zero attached hydrogens (tertiary/aromatic N) is 3. The SMILES string of the molecule is COc1cccnc1-n1cc(-c2cccc(N)c2)cn1. The number of ether oxygens (including phenoxy) is 1. The van der Waals surface area contributed by atoms with Crippen molar-refractivity contribution in [1.82, 2.24) is 14.8 Å². The van der Waals surface area contributed by atoms with Crippen molar-refractivity contribution < 1.29 is 4.74 Å². The van der Waals surface area contributed by atoms with Gasteiger partial charge < -0.3 is 10.5 Å². The van der Waals surface area contributed by atoms with Crippen molar-refractivity contribution >= 4 is 5.69 Å². The highest BCUT2D eigenvalue weighted by Gasteiger charge is 2.09. The first-order valence-corrected chi connectivity index (χ1v) is 6.18. The Hall–Kier alpha value is -2.82. The van der Waals surface area contributed by atoms with Crippen molar-refractivity contribution in [3.63, 3.8) is 0 Å². The van der Waals surface area contributed by atoms with Crippen molar-refractivity contribution in [2.75, 3.05) is 12.8 Å². The molecule has 0 bridgehead atoms. The number of pyridine rings is 1. The summed E-state index contributed by atoms with van der Waals surface area (Å²) in [6.45, 7) is 0.